The molecule has 1 atom stereocenters. The highest BCUT2D eigenvalue weighted by Gasteiger charge is 2.51. The molecule has 5 rings (SSSR count). The van der Waals surface area contributed by atoms with Crippen LogP contribution in [0.2, 0.25) is 0 Å². The van der Waals surface area contributed by atoms with E-state index in [0.29, 0.717) is 37.9 Å². The summed E-state index contributed by atoms with van der Waals surface area (Å²) in [4.78, 5) is 30.4. The van der Waals surface area contributed by atoms with E-state index in [2.05, 4.69) is 5.32 Å². The molecule has 3 aromatic rings. The summed E-state index contributed by atoms with van der Waals surface area (Å²) in [5.74, 6) is -0.121. The van der Waals surface area contributed by atoms with Gasteiger partial charge in [-0.15, -0.1) is 0 Å². The lowest BCUT2D eigenvalue weighted by molar-refractivity contribution is -0.137. The molecule has 180 valence electrons. The van der Waals surface area contributed by atoms with Gasteiger partial charge in [0, 0.05) is 31.9 Å². The highest BCUT2D eigenvalue weighted by Crippen LogP contribution is 2.45. The van der Waals surface area contributed by atoms with Crippen LogP contribution in [0.5, 0.6) is 0 Å². The van der Waals surface area contributed by atoms with Gasteiger partial charge >= 0.3 is 0 Å². The summed E-state index contributed by atoms with van der Waals surface area (Å²) in [7, 11) is 1.85. The van der Waals surface area contributed by atoms with Crippen LogP contribution in [0, 0.1) is 11.2 Å². The molecule has 0 bridgehead atoms. The number of rotatable bonds is 5. The summed E-state index contributed by atoms with van der Waals surface area (Å²) in [5, 5.41) is 3.35. The molecule has 6 heteroatoms. The molecule has 0 aliphatic carbocycles. The molecule has 0 radical (unpaired) electrons. The second kappa shape index (κ2) is 9.53. The van der Waals surface area contributed by atoms with Crippen LogP contribution in [-0.2, 0) is 11.2 Å². The zero-order chi connectivity index (χ0) is 24.4. The first-order chi connectivity index (χ1) is 16.9. The first kappa shape index (κ1) is 23.1. The van der Waals surface area contributed by atoms with Gasteiger partial charge in [-0.05, 0) is 67.6 Å². The average Bonchev–Trinajstić information content (AvgIpc) is 3.09. The zero-order valence-corrected chi connectivity index (χ0v) is 19.9. The minimum Gasteiger partial charge on any atom is -0.355 e. The maximum absolute atomic E-state index is 13.6. The number of para-hydroxylation sites is 2. The number of piperidine rings is 1. The molecule has 3 aromatic carbocycles. The molecule has 2 heterocycles. The second-order valence-electron chi connectivity index (χ2n) is 9.72. The number of amides is 2. The predicted molar refractivity (Wildman–Crippen MR) is 135 cm³/mol. The first-order valence-electron chi connectivity index (χ1n) is 12.2. The Labute approximate surface area is 205 Å². The molecular formula is C29H30FN3O2. The van der Waals surface area contributed by atoms with Crippen molar-refractivity contribution in [1.82, 2.24) is 9.80 Å². The molecule has 2 saturated heterocycles. The molecule has 5 nitrogen and oxygen atoms in total. The van der Waals surface area contributed by atoms with E-state index < -0.39 is 5.41 Å². The Bertz CT molecular complexity index is 1220. The number of likely N-dealkylation sites (tertiary alicyclic amines) is 2. The lowest BCUT2D eigenvalue weighted by Crippen LogP contribution is -2.46. The van der Waals surface area contributed by atoms with Gasteiger partial charge in [-0.1, -0.05) is 42.5 Å². The van der Waals surface area contributed by atoms with Crippen LogP contribution in [0.3, 0.4) is 0 Å². The van der Waals surface area contributed by atoms with Crippen LogP contribution < -0.4 is 5.32 Å². The van der Waals surface area contributed by atoms with Gasteiger partial charge in [0.2, 0.25) is 5.91 Å². The SMILES string of the molecule is CN1C(=O)C2(CCN(C(=O)c3ccccc3Nc3ccccc3)CC2)CC1Cc1cccc(F)c1. The van der Waals surface area contributed by atoms with Crippen LogP contribution in [0.4, 0.5) is 15.8 Å². The molecule has 0 saturated carbocycles. The number of carbonyl (C=O) groups excluding carboxylic acids is 2. The van der Waals surface area contributed by atoms with E-state index in [-0.39, 0.29) is 23.7 Å². The van der Waals surface area contributed by atoms with Crippen LogP contribution in [0.15, 0.2) is 78.9 Å². The maximum atomic E-state index is 13.6. The normalized spacial score (nSPS) is 19.3. The van der Waals surface area contributed by atoms with E-state index in [9.17, 15) is 14.0 Å². The van der Waals surface area contributed by atoms with Gasteiger partial charge in [-0.2, -0.15) is 0 Å². The van der Waals surface area contributed by atoms with E-state index in [1.165, 1.54) is 6.07 Å². The van der Waals surface area contributed by atoms with Gasteiger partial charge < -0.3 is 15.1 Å². The van der Waals surface area contributed by atoms with Gasteiger partial charge in [0.25, 0.3) is 5.91 Å². The number of halogens is 1. The van der Waals surface area contributed by atoms with Crippen molar-refractivity contribution in [3.8, 4) is 0 Å². The van der Waals surface area contributed by atoms with E-state index in [4.69, 9.17) is 0 Å². The van der Waals surface area contributed by atoms with Crippen molar-refractivity contribution in [1.29, 1.82) is 0 Å². The van der Waals surface area contributed by atoms with Crippen molar-refractivity contribution in [2.24, 2.45) is 5.41 Å². The lowest BCUT2D eigenvalue weighted by Gasteiger charge is -2.38. The zero-order valence-electron chi connectivity index (χ0n) is 19.9. The lowest BCUT2D eigenvalue weighted by atomic mass is 9.75. The monoisotopic (exact) mass is 471 g/mol. The Morgan fingerprint density at radius 3 is 2.46 bits per heavy atom. The molecule has 1 N–H and O–H groups in total. The third-order valence-electron chi connectivity index (χ3n) is 7.53. The summed E-state index contributed by atoms with van der Waals surface area (Å²) in [6, 6.07) is 24.0. The quantitative estimate of drug-likeness (QED) is 0.552. The van der Waals surface area contributed by atoms with Crippen molar-refractivity contribution in [2.75, 3.05) is 25.5 Å². The largest absolute Gasteiger partial charge is 0.355 e. The predicted octanol–water partition coefficient (Wildman–Crippen LogP) is 5.27. The molecule has 2 amide bonds. The maximum Gasteiger partial charge on any atom is 0.255 e. The summed E-state index contributed by atoms with van der Waals surface area (Å²) < 4.78 is 13.6. The number of hydrogen-bond acceptors (Lipinski definition) is 3. The average molecular weight is 472 g/mol. The van der Waals surface area contributed by atoms with Crippen LogP contribution in [0.1, 0.15) is 35.2 Å². The molecular weight excluding hydrogens is 441 g/mol. The fourth-order valence-corrected chi connectivity index (χ4v) is 5.54. The summed E-state index contributed by atoms with van der Waals surface area (Å²) in [6.07, 6.45) is 2.68. The molecule has 35 heavy (non-hydrogen) atoms. The topological polar surface area (TPSA) is 52.7 Å². The molecule has 1 unspecified atom stereocenters. The van der Waals surface area contributed by atoms with Gasteiger partial charge in [-0.25, -0.2) is 4.39 Å². The highest BCUT2D eigenvalue weighted by molar-refractivity contribution is 6.00. The number of benzene rings is 3. The van der Waals surface area contributed by atoms with Gasteiger partial charge in [0.15, 0.2) is 0 Å². The minimum absolute atomic E-state index is 0.0195. The molecule has 2 aliphatic heterocycles. The summed E-state index contributed by atoms with van der Waals surface area (Å²) in [5.41, 5.74) is 2.80. The van der Waals surface area contributed by atoms with E-state index in [1.54, 1.807) is 12.1 Å². The van der Waals surface area contributed by atoms with Crippen molar-refractivity contribution in [3.63, 3.8) is 0 Å². The van der Waals surface area contributed by atoms with Gasteiger partial charge in [0.1, 0.15) is 5.82 Å². The second-order valence-corrected chi connectivity index (χ2v) is 9.72. The standard InChI is InChI=1S/C29H30FN3O2/c1-32-24(19-21-8-7-9-22(30)18-21)20-29(28(32)35)14-16-33(17-15-29)27(34)25-12-5-6-13-26(25)31-23-10-3-2-4-11-23/h2-13,18,24,31H,14-17,19-20H2,1H3. The minimum atomic E-state index is -0.439. The number of nitrogens with zero attached hydrogens (tertiary/aromatic N) is 2. The van der Waals surface area contributed by atoms with Gasteiger partial charge in [0.05, 0.1) is 16.7 Å². The number of anilines is 2. The van der Waals surface area contributed by atoms with E-state index in [1.807, 2.05) is 77.5 Å². The Balaban J connectivity index is 1.26. The van der Waals surface area contributed by atoms with E-state index >= 15 is 0 Å². The van der Waals surface area contributed by atoms with Crippen molar-refractivity contribution < 1.29 is 14.0 Å². The number of carbonyl (C=O) groups is 2. The third-order valence-corrected chi connectivity index (χ3v) is 7.53. The van der Waals surface area contributed by atoms with Crippen LogP contribution in [0.25, 0.3) is 0 Å². The van der Waals surface area contributed by atoms with E-state index in [0.717, 1.165) is 23.4 Å². The number of likely N-dealkylation sites (N-methyl/N-ethyl adjacent to an activating group) is 1. The fraction of sp³-hybridized carbons (Fsp3) is 0.310. The molecule has 0 aromatic heterocycles. The van der Waals surface area contributed by atoms with Crippen LogP contribution >= 0.6 is 0 Å². The third kappa shape index (κ3) is 4.65. The summed E-state index contributed by atoms with van der Waals surface area (Å²) in [6.45, 7) is 1.09. The van der Waals surface area contributed by atoms with Crippen LogP contribution in [-0.4, -0.2) is 47.8 Å². The van der Waals surface area contributed by atoms with Gasteiger partial charge in [-0.3, -0.25) is 9.59 Å². The molecule has 2 aliphatic rings. The fourth-order valence-electron chi connectivity index (χ4n) is 5.54. The Morgan fingerprint density at radius 1 is 1.00 bits per heavy atom. The number of hydrogen-bond donors (Lipinski definition) is 1. The smallest absolute Gasteiger partial charge is 0.255 e. The van der Waals surface area contributed by atoms with Crippen molar-refractivity contribution in [3.05, 3.63) is 95.8 Å². The Morgan fingerprint density at radius 2 is 1.71 bits per heavy atom. The molecule has 2 fully saturated rings. The van der Waals surface area contributed by atoms with Crippen molar-refractivity contribution >= 4 is 23.2 Å². The van der Waals surface area contributed by atoms with Crippen molar-refractivity contribution in [2.45, 2.75) is 31.7 Å². The number of nitrogens with one attached hydrogen (secondary N) is 1. The molecule has 1 spiro atoms. The first-order valence-corrected chi connectivity index (χ1v) is 12.2. The highest BCUT2D eigenvalue weighted by atomic mass is 19.1. The summed E-state index contributed by atoms with van der Waals surface area (Å²) >= 11 is 0. The Kier molecular flexibility index (Phi) is 6.29. The Hall–Kier alpha value is -3.67.